The molecule has 0 radical (unpaired) electrons. The first-order chi connectivity index (χ1) is 9.75. The van der Waals surface area contributed by atoms with Gasteiger partial charge >= 0.3 is 6.18 Å². The number of benzene rings is 1. The summed E-state index contributed by atoms with van der Waals surface area (Å²) in [7, 11) is 0. The Morgan fingerprint density at radius 1 is 1.29 bits per heavy atom. The second kappa shape index (κ2) is 5.64. The Hall–Kier alpha value is -1.61. The maximum Gasteiger partial charge on any atom is 0.419 e. The molecule has 21 heavy (non-hydrogen) atoms. The maximum absolute atomic E-state index is 13.9. The molecule has 1 saturated heterocycles. The van der Waals surface area contributed by atoms with Crippen LogP contribution in [0.1, 0.15) is 30.9 Å². The predicted octanol–water partition coefficient (Wildman–Crippen LogP) is 3.97. The Bertz CT molecular complexity index is 552. The molecule has 0 saturated carbocycles. The van der Waals surface area contributed by atoms with E-state index in [1.165, 1.54) is 12.1 Å². The third kappa shape index (κ3) is 3.53. The third-order valence-electron chi connectivity index (χ3n) is 4.01. The highest BCUT2D eigenvalue weighted by atomic mass is 19.4. The van der Waals surface area contributed by atoms with Crippen LogP contribution in [0.15, 0.2) is 18.2 Å². The molecule has 0 bridgehead atoms. The van der Waals surface area contributed by atoms with Crippen molar-refractivity contribution in [3.8, 4) is 6.07 Å². The van der Waals surface area contributed by atoms with Crippen LogP contribution in [0.4, 0.5) is 17.6 Å². The summed E-state index contributed by atoms with van der Waals surface area (Å²) in [6.45, 7) is 3.17. The highest BCUT2D eigenvalue weighted by molar-refractivity contribution is 5.28. The zero-order chi connectivity index (χ0) is 15.7. The summed E-state index contributed by atoms with van der Waals surface area (Å²) in [6, 6.07) is 5.61. The first-order valence-corrected chi connectivity index (χ1v) is 6.73. The van der Waals surface area contributed by atoms with Gasteiger partial charge in [0.05, 0.1) is 17.0 Å². The molecule has 2 rings (SSSR count). The normalized spacial score (nSPS) is 19.2. The maximum atomic E-state index is 13.9. The van der Waals surface area contributed by atoms with E-state index in [2.05, 4.69) is 6.07 Å². The highest BCUT2D eigenvalue weighted by Gasteiger charge is 2.35. The van der Waals surface area contributed by atoms with Crippen molar-refractivity contribution in [3.63, 3.8) is 0 Å². The second-order valence-corrected chi connectivity index (χ2v) is 5.73. The van der Waals surface area contributed by atoms with Gasteiger partial charge in [-0.25, -0.2) is 4.39 Å². The summed E-state index contributed by atoms with van der Waals surface area (Å²) in [5.74, 6) is -1.20. The molecule has 1 heterocycles. The number of piperidine rings is 1. The molecule has 1 aliphatic heterocycles. The average Bonchev–Trinajstić information content (AvgIpc) is 2.42. The van der Waals surface area contributed by atoms with Crippen LogP contribution >= 0.6 is 0 Å². The highest BCUT2D eigenvalue weighted by Crippen LogP contribution is 2.34. The number of halogens is 4. The first kappa shape index (κ1) is 15.8. The zero-order valence-corrected chi connectivity index (χ0v) is 11.7. The standard InChI is InChI=1S/C15H16F4N2/c1-14(10-20)5-7-21(8-6-14)9-11-3-2-4-12(13(11)16)15(17,18)19/h2-4H,5-9H2,1H3. The van der Waals surface area contributed by atoms with Crippen molar-refractivity contribution in [2.24, 2.45) is 5.41 Å². The lowest BCUT2D eigenvalue weighted by Gasteiger charge is -2.35. The number of alkyl halides is 3. The predicted molar refractivity (Wildman–Crippen MR) is 69.6 cm³/mol. The van der Waals surface area contributed by atoms with Gasteiger partial charge in [0, 0.05) is 12.1 Å². The van der Waals surface area contributed by atoms with Crippen LogP contribution in [0.2, 0.25) is 0 Å². The quantitative estimate of drug-likeness (QED) is 0.773. The lowest BCUT2D eigenvalue weighted by Crippen LogP contribution is -2.37. The lowest BCUT2D eigenvalue weighted by molar-refractivity contribution is -0.140. The van der Waals surface area contributed by atoms with E-state index < -0.39 is 17.6 Å². The number of nitrogens with zero attached hydrogens (tertiary/aromatic N) is 2. The third-order valence-corrected chi connectivity index (χ3v) is 4.01. The smallest absolute Gasteiger partial charge is 0.299 e. The van der Waals surface area contributed by atoms with E-state index in [-0.39, 0.29) is 17.5 Å². The molecule has 0 amide bonds. The van der Waals surface area contributed by atoms with Crippen molar-refractivity contribution in [1.29, 1.82) is 5.26 Å². The molecule has 0 spiro atoms. The summed E-state index contributed by atoms with van der Waals surface area (Å²) < 4.78 is 51.9. The van der Waals surface area contributed by atoms with Gasteiger partial charge in [-0.05, 0) is 38.9 Å². The van der Waals surface area contributed by atoms with Crippen LogP contribution in [0.5, 0.6) is 0 Å². The fraction of sp³-hybridized carbons (Fsp3) is 0.533. The molecule has 1 aromatic carbocycles. The van der Waals surface area contributed by atoms with Crippen LogP contribution in [0, 0.1) is 22.6 Å². The Morgan fingerprint density at radius 2 is 1.90 bits per heavy atom. The summed E-state index contributed by atoms with van der Waals surface area (Å²) in [4.78, 5) is 1.89. The van der Waals surface area contributed by atoms with Gasteiger partial charge in [0.25, 0.3) is 0 Å². The van der Waals surface area contributed by atoms with Crippen molar-refractivity contribution in [2.45, 2.75) is 32.5 Å². The molecule has 114 valence electrons. The molecule has 0 aliphatic carbocycles. The van der Waals surface area contributed by atoms with E-state index in [1.54, 1.807) is 0 Å². The van der Waals surface area contributed by atoms with Gasteiger partial charge in [-0.2, -0.15) is 18.4 Å². The monoisotopic (exact) mass is 300 g/mol. The van der Waals surface area contributed by atoms with Gasteiger partial charge < -0.3 is 0 Å². The van der Waals surface area contributed by atoms with E-state index in [9.17, 15) is 17.6 Å². The zero-order valence-electron chi connectivity index (χ0n) is 11.7. The number of hydrogen-bond acceptors (Lipinski definition) is 2. The second-order valence-electron chi connectivity index (χ2n) is 5.73. The number of likely N-dealkylation sites (tertiary alicyclic amines) is 1. The van der Waals surface area contributed by atoms with Crippen molar-refractivity contribution in [1.82, 2.24) is 4.90 Å². The van der Waals surface area contributed by atoms with Gasteiger partial charge in [0.15, 0.2) is 0 Å². The first-order valence-electron chi connectivity index (χ1n) is 6.73. The van der Waals surface area contributed by atoms with Gasteiger partial charge in [-0.15, -0.1) is 0 Å². The van der Waals surface area contributed by atoms with Gasteiger partial charge in [-0.1, -0.05) is 12.1 Å². The minimum absolute atomic E-state index is 0.0467. The molecule has 2 nitrogen and oxygen atoms in total. The molecule has 1 aromatic rings. The van der Waals surface area contributed by atoms with E-state index in [4.69, 9.17) is 5.26 Å². The van der Waals surface area contributed by atoms with Crippen LogP contribution in [0.25, 0.3) is 0 Å². The Labute approximate surface area is 121 Å². The molecule has 0 N–H and O–H groups in total. The molecular weight excluding hydrogens is 284 g/mol. The molecule has 0 unspecified atom stereocenters. The minimum atomic E-state index is -4.68. The number of hydrogen-bond donors (Lipinski definition) is 0. The minimum Gasteiger partial charge on any atom is -0.299 e. The summed E-state index contributed by atoms with van der Waals surface area (Å²) in [5.41, 5.74) is -1.56. The van der Waals surface area contributed by atoms with E-state index in [0.29, 0.717) is 25.9 Å². The van der Waals surface area contributed by atoms with Crippen LogP contribution in [-0.2, 0) is 12.7 Å². The van der Waals surface area contributed by atoms with Crippen molar-refractivity contribution < 1.29 is 17.6 Å². The van der Waals surface area contributed by atoms with E-state index in [0.717, 1.165) is 6.07 Å². The SMILES string of the molecule is CC1(C#N)CCN(Cc2cccc(C(F)(F)F)c2F)CC1. The lowest BCUT2D eigenvalue weighted by atomic mass is 9.82. The van der Waals surface area contributed by atoms with Crippen molar-refractivity contribution in [2.75, 3.05) is 13.1 Å². The summed E-state index contributed by atoms with van der Waals surface area (Å²) >= 11 is 0. The fourth-order valence-corrected chi connectivity index (χ4v) is 2.48. The Kier molecular flexibility index (Phi) is 4.24. The van der Waals surface area contributed by atoms with E-state index in [1.807, 2.05) is 11.8 Å². The molecule has 0 aromatic heterocycles. The Morgan fingerprint density at radius 3 is 2.43 bits per heavy atom. The summed E-state index contributed by atoms with van der Waals surface area (Å²) in [6.07, 6.45) is -3.39. The number of rotatable bonds is 2. The molecule has 6 heteroatoms. The van der Waals surface area contributed by atoms with E-state index >= 15 is 0 Å². The fourth-order valence-electron chi connectivity index (χ4n) is 2.48. The largest absolute Gasteiger partial charge is 0.419 e. The molecule has 1 fully saturated rings. The van der Waals surface area contributed by atoms with Crippen molar-refractivity contribution >= 4 is 0 Å². The number of nitriles is 1. The van der Waals surface area contributed by atoms with Crippen LogP contribution in [0.3, 0.4) is 0 Å². The van der Waals surface area contributed by atoms with Gasteiger partial charge in [-0.3, -0.25) is 4.90 Å². The van der Waals surface area contributed by atoms with Crippen LogP contribution in [-0.4, -0.2) is 18.0 Å². The topological polar surface area (TPSA) is 27.0 Å². The molecular formula is C15H16F4N2. The Balaban J connectivity index is 2.10. The summed E-state index contributed by atoms with van der Waals surface area (Å²) in [5, 5.41) is 9.04. The van der Waals surface area contributed by atoms with Gasteiger partial charge in [0.2, 0.25) is 0 Å². The molecule has 1 aliphatic rings. The van der Waals surface area contributed by atoms with Gasteiger partial charge in [0.1, 0.15) is 5.82 Å². The molecule has 0 atom stereocenters. The van der Waals surface area contributed by atoms with Crippen molar-refractivity contribution in [3.05, 3.63) is 35.1 Å². The van der Waals surface area contributed by atoms with Crippen LogP contribution < -0.4 is 0 Å². The average molecular weight is 300 g/mol.